The number of hydrogen-bond acceptors (Lipinski definition) is 2. The van der Waals surface area contributed by atoms with Crippen molar-refractivity contribution in [3.63, 3.8) is 0 Å². The van der Waals surface area contributed by atoms with E-state index in [0.717, 1.165) is 30.8 Å². The van der Waals surface area contributed by atoms with E-state index in [1.807, 2.05) is 24.3 Å². The minimum absolute atomic E-state index is 0.0155. The summed E-state index contributed by atoms with van der Waals surface area (Å²) in [6.07, 6.45) is 0. The lowest BCUT2D eigenvalue weighted by atomic mass is 10.0. The van der Waals surface area contributed by atoms with Gasteiger partial charge in [-0.2, -0.15) is 0 Å². The summed E-state index contributed by atoms with van der Waals surface area (Å²) in [5.41, 5.74) is 0.718. The molecule has 0 radical (unpaired) electrons. The van der Waals surface area contributed by atoms with Gasteiger partial charge in [0.2, 0.25) is 0 Å². The van der Waals surface area contributed by atoms with Crippen molar-refractivity contribution in [1.29, 1.82) is 0 Å². The molecule has 1 aliphatic heterocycles. The minimum Gasteiger partial charge on any atom is -0.370 e. The Bertz CT molecular complexity index is 453. The van der Waals surface area contributed by atoms with Crippen LogP contribution in [-0.2, 0) is 4.74 Å². The highest BCUT2D eigenvalue weighted by molar-refractivity contribution is 9.10. The first-order chi connectivity index (χ1) is 9.49. The highest BCUT2D eigenvalue weighted by Crippen LogP contribution is 2.10. The van der Waals surface area contributed by atoms with Gasteiger partial charge in [0.15, 0.2) is 0 Å². The molecule has 0 unspecified atom stereocenters. The molecule has 0 bridgehead atoms. The van der Waals surface area contributed by atoms with Gasteiger partial charge in [0.25, 0.3) is 5.91 Å². The second kappa shape index (κ2) is 6.70. The Morgan fingerprint density at radius 1 is 1.30 bits per heavy atom. The van der Waals surface area contributed by atoms with E-state index in [-0.39, 0.29) is 11.4 Å². The van der Waals surface area contributed by atoms with Gasteiger partial charge in [-0.3, -0.25) is 4.79 Å². The summed E-state index contributed by atoms with van der Waals surface area (Å²) >= 11 is 3.37. The lowest BCUT2D eigenvalue weighted by Crippen LogP contribution is -3.22. The highest BCUT2D eigenvalue weighted by atomic mass is 79.9. The van der Waals surface area contributed by atoms with Crippen LogP contribution in [0, 0.1) is 0 Å². The van der Waals surface area contributed by atoms with Gasteiger partial charge in [0, 0.05) is 10.0 Å². The number of rotatable bonds is 4. The molecule has 4 nitrogen and oxygen atoms in total. The van der Waals surface area contributed by atoms with Crippen molar-refractivity contribution in [2.45, 2.75) is 19.4 Å². The maximum Gasteiger partial charge on any atom is 0.251 e. The molecule has 5 heteroatoms. The summed E-state index contributed by atoms with van der Waals surface area (Å²) in [4.78, 5) is 13.6. The lowest BCUT2D eigenvalue weighted by molar-refractivity contribution is -0.954. The first kappa shape index (κ1) is 15.5. The van der Waals surface area contributed by atoms with Crippen LogP contribution in [0.1, 0.15) is 24.2 Å². The monoisotopic (exact) mass is 341 g/mol. The van der Waals surface area contributed by atoms with Crippen molar-refractivity contribution < 1.29 is 14.4 Å². The van der Waals surface area contributed by atoms with Crippen molar-refractivity contribution in [2.75, 3.05) is 32.8 Å². The average Bonchev–Trinajstić information content (AvgIpc) is 2.46. The summed E-state index contributed by atoms with van der Waals surface area (Å²) in [5, 5.41) is 3.04. The van der Waals surface area contributed by atoms with Gasteiger partial charge in [-0.1, -0.05) is 15.9 Å². The van der Waals surface area contributed by atoms with Crippen LogP contribution >= 0.6 is 15.9 Å². The molecular formula is C15H22BrN2O2+. The van der Waals surface area contributed by atoms with Gasteiger partial charge in [-0.05, 0) is 38.1 Å². The molecule has 20 heavy (non-hydrogen) atoms. The number of hydrogen-bond donors (Lipinski definition) is 2. The molecule has 0 atom stereocenters. The number of amides is 1. The van der Waals surface area contributed by atoms with Gasteiger partial charge in [0.05, 0.1) is 19.8 Å². The molecule has 1 aromatic rings. The molecular weight excluding hydrogens is 320 g/mol. The molecule has 0 saturated carbocycles. The molecule has 2 N–H and O–H groups in total. The molecule has 1 fully saturated rings. The van der Waals surface area contributed by atoms with Crippen LogP contribution in [0.15, 0.2) is 28.7 Å². The molecule has 1 heterocycles. The number of benzene rings is 1. The van der Waals surface area contributed by atoms with E-state index >= 15 is 0 Å². The molecule has 0 aliphatic carbocycles. The van der Waals surface area contributed by atoms with Crippen molar-refractivity contribution >= 4 is 21.8 Å². The zero-order valence-corrected chi connectivity index (χ0v) is 13.6. The summed E-state index contributed by atoms with van der Waals surface area (Å²) in [7, 11) is 0. The first-order valence-corrected chi connectivity index (χ1v) is 7.75. The molecule has 0 aromatic heterocycles. The van der Waals surface area contributed by atoms with Crippen LogP contribution in [0.2, 0.25) is 0 Å². The Balaban J connectivity index is 1.90. The third-order valence-electron chi connectivity index (χ3n) is 3.85. The van der Waals surface area contributed by atoms with E-state index in [4.69, 9.17) is 4.74 Å². The Hall–Kier alpha value is -0.910. The zero-order chi connectivity index (χ0) is 14.6. The Kier molecular flexibility index (Phi) is 5.18. The molecule has 1 saturated heterocycles. The number of carbonyl (C=O) groups excluding carboxylic acids is 1. The molecule has 0 spiro atoms. The Labute approximate surface area is 128 Å². The van der Waals surface area contributed by atoms with Gasteiger partial charge >= 0.3 is 0 Å². The molecule has 1 aliphatic rings. The normalized spacial score (nSPS) is 16.9. The van der Waals surface area contributed by atoms with Gasteiger partial charge in [-0.25, -0.2) is 0 Å². The van der Waals surface area contributed by atoms with Crippen molar-refractivity contribution in [3.8, 4) is 0 Å². The van der Waals surface area contributed by atoms with E-state index in [2.05, 4.69) is 35.1 Å². The quantitative estimate of drug-likeness (QED) is 0.853. The lowest BCUT2D eigenvalue weighted by Gasteiger charge is -2.37. The predicted octanol–water partition coefficient (Wildman–Crippen LogP) is 0.873. The van der Waals surface area contributed by atoms with Gasteiger partial charge in [-0.15, -0.1) is 0 Å². The average molecular weight is 342 g/mol. The van der Waals surface area contributed by atoms with Gasteiger partial charge < -0.3 is 15.0 Å². The van der Waals surface area contributed by atoms with Crippen molar-refractivity contribution in [2.24, 2.45) is 0 Å². The molecule has 2 rings (SSSR count). The number of quaternary nitrogens is 1. The molecule has 1 aromatic carbocycles. The van der Waals surface area contributed by atoms with Crippen molar-refractivity contribution in [1.82, 2.24) is 5.32 Å². The van der Waals surface area contributed by atoms with Crippen LogP contribution in [0.5, 0.6) is 0 Å². The van der Waals surface area contributed by atoms with E-state index in [1.54, 1.807) is 0 Å². The molecule has 110 valence electrons. The van der Waals surface area contributed by atoms with Gasteiger partial charge in [0.1, 0.15) is 18.6 Å². The third kappa shape index (κ3) is 4.04. The second-order valence-corrected chi connectivity index (χ2v) is 6.71. The number of ether oxygens (including phenoxy) is 1. The van der Waals surface area contributed by atoms with E-state index < -0.39 is 0 Å². The summed E-state index contributed by atoms with van der Waals surface area (Å²) in [5.74, 6) is -0.0155. The number of morpholine rings is 1. The highest BCUT2D eigenvalue weighted by Gasteiger charge is 2.32. The minimum atomic E-state index is -0.0155. The van der Waals surface area contributed by atoms with Crippen LogP contribution in [0.25, 0.3) is 0 Å². The maximum absolute atomic E-state index is 12.1. The third-order valence-corrected chi connectivity index (χ3v) is 4.38. The standard InChI is InChI=1S/C15H21BrN2O2/c1-15(2,18-7-9-20-10-8-18)11-17-14(19)12-3-5-13(16)6-4-12/h3-6H,7-11H2,1-2H3,(H,17,19)/p+1. The zero-order valence-electron chi connectivity index (χ0n) is 12.0. The Morgan fingerprint density at radius 2 is 1.90 bits per heavy atom. The maximum atomic E-state index is 12.1. The van der Waals surface area contributed by atoms with Crippen LogP contribution < -0.4 is 10.2 Å². The second-order valence-electron chi connectivity index (χ2n) is 5.79. The number of halogens is 1. The largest absolute Gasteiger partial charge is 0.370 e. The fraction of sp³-hybridized carbons (Fsp3) is 0.533. The fourth-order valence-corrected chi connectivity index (χ4v) is 2.69. The van der Waals surface area contributed by atoms with E-state index in [9.17, 15) is 4.79 Å². The number of carbonyl (C=O) groups is 1. The van der Waals surface area contributed by atoms with Crippen LogP contribution in [-0.4, -0.2) is 44.3 Å². The summed E-state index contributed by atoms with van der Waals surface area (Å²) in [6, 6.07) is 7.42. The Morgan fingerprint density at radius 3 is 2.50 bits per heavy atom. The van der Waals surface area contributed by atoms with Crippen LogP contribution in [0.3, 0.4) is 0 Å². The molecule has 1 amide bonds. The first-order valence-electron chi connectivity index (χ1n) is 6.96. The smallest absolute Gasteiger partial charge is 0.251 e. The SMILES string of the molecule is CC(C)(CNC(=O)c1ccc(Br)cc1)[NH+]1CCOCC1. The summed E-state index contributed by atoms with van der Waals surface area (Å²) < 4.78 is 6.37. The fourth-order valence-electron chi connectivity index (χ4n) is 2.42. The van der Waals surface area contributed by atoms with Crippen LogP contribution in [0.4, 0.5) is 0 Å². The summed E-state index contributed by atoms with van der Waals surface area (Å²) in [6.45, 7) is 8.66. The number of nitrogens with one attached hydrogen (secondary N) is 2. The van der Waals surface area contributed by atoms with E-state index in [0.29, 0.717) is 12.1 Å². The topological polar surface area (TPSA) is 42.8 Å². The van der Waals surface area contributed by atoms with Crippen molar-refractivity contribution in [3.05, 3.63) is 34.3 Å². The predicted molar refractivity (Wildman–Crippen MR) is 82.1 cm³/mol. The van der Waals surface area contributed by atoms with E-state index in [1.165, 1.54) is 4.90 Å².